The van der Waals surface area contributed by atoms with Gasteiger partial charge in [-0.15, -0.1) is 0 Å². The molecule has 4 rings (SSSR count). The quantitative estimate of drug-likeness (QED) is 0.578. The van der Waals surface area contributed by atoms with Crippen molar-refractivity contribution in [3.63, 3.8) is 0 Å². The number of alkyl halides is 2. The Hall–Kier alpha value is -3.23. The van der Waals surface area contributed by atoms with E-state index >= 15 is 0 Å². The lowest BCUT2D eigenvalue weighted by atomic mass is 9.85. The molecule has 1 unspecified atom stereocenters. The third-order valence-electron chi connectivity index (χ3n) is 5.45. The highest BCUT2D eigenvalue weighted by atomic mass is 19.3. The Morgan fingerprint density at radius 1 is 1.32 bits per heavy atom. The van der Waals surface area contributed by atoms with E-state index in [1.165, 1.54) is 18.3 Å². The lowest BCUT2D eigenvalue weighted by molar-refractivity contribution is -0.0489. The second-order valence-electron chi connectivity index (χ2n) is 8.51. The van der Waals surface area contributed by atoms with Crippen molar-refractivity contribution < 1.29 is 23.0 Å². The molecular weight excluding hydrogens is 408 g/mol. The van der Waals surface area contributed by atoms with E-state index < -0.39 is 18.0 Å². The van der Waals surface area contributed by atoms with Gasteiger partial charge in [0.25, 0.3) is 0 Å². The highest BCUT2D eigenvalue weighted by molar-refractivity contribution is 5.97. The molecule has 31 heavy (non-hydrogen) atoms. The van der Waals surface area contributed by atoms with Crippen LogP contribution >= 0.6 is 0 Å². The van der Waals surface area contributed by atoms with Crippen LogP contribution in [0.2, 0.25) is 0 Å². The van der Waals surface area contributed by atoms with Crippen LogP contribution in [0, 0.1) is 5.41 Å². The van der Waals surface area contributed by atoms with E-state index in [0.29, 0.717) is 28.8 Å². The van der Waals surface area contributed by atoms with Gasteiger partial charge in [0.1, 0.15) is 11.1 Å². The number of esters is 1. The van der Waals surface area contributed by atoms with Crippen molar-refractivity contribution >= 4 is 16.9 Å². The fourth-order valence-corrected chi connectivity index (χ4v) is 4.02. The molecule has 9 heteroatoms. The summed E-state index contributed by atoms with van der Waals surface area (Å²) < 4.78 is 39.1. The second kappa shape index (κ2) is 7.47. The average molecular weight is 431 g/mol. The molecule has 0 bridgehead atoms. The molecule has 1 aromatic carbocycles. The van der Waals surface area contributed by atoms with E-state index in [1.54, 1.807) is 23.7 Å². The van der Waals surface area contributed by atoms with Crippen LogP contribution in [0.3, 0.4) is 0 Å². The minimum Gasteiger partial charge on any atom is -0.462 e. The number of ether oxygens (including phenoxy) is 2. The van der Waals surface area contributed by atoms with E-state index in [1.807, 2.05) is 25.3 Å². The van der Waals surface area contributed by atoms with Gasteiger partial charge in [-0.1, -0.05) is 32.9 Å². The van der Waals surface area contributed by atoms with Gasteiger partial charge in [-0.3, -0.25) is 9.48 Å². The normalized spacial score (nSPS) is 15.6. The Kier molecular flexibility index (Phi) is 5.07. The van der Waals surface area contributed by atoms with Gasteiger partial charge < -0.3 is 14.0 Å². The molecule has 1 aliphatic rings. The Morgan fingerprint density at radius 3 is 2.71 bits per heavy atom. The minimum atomic E-state index is -2.98. The number of pyridine rings is 1. The molecule has 0 saturated carbocycles. The van der Waals surface area contributed by atoms with Crippen LogP contribution in [0.15, 0.2) is 35.3 Å². The second-order valence-corrected chi connectivity index (χ2v) is 8.51. The first-order valence-corrected chi connectivity index (χ1v) is 9.99. The van der Waals surface area contributed by atoms with Gasteiger partial charge in [0.05, 0.1) is 30.6 Å². The number of fused-ring (bicyclic) bond motifs is 5. The van der Waals surface area contributed by atoms with Crippen LogP contribution in [-0.2, 0) is 11.3 Å². The molecule has 1 aliphatic heterocycles. The number of rotatable bonds is 4. The fourth-order valence-electron chi connectivity index (χ4n) is 4.02. The molecule has 0 fully saturated rings. The molecule has 0 aliphatic carbocycles. The summed E-state index contributed by atoms with van der Waals surface area (Å²) in [6, 6.07) is 6.02. The molecule has 0 N–H and O–H groups in total. The Labute approximate surface area is 177 Å². The zero-order valence-corrected chi connectivity index (χ0v) is 17.7. The fraction of sp³-hybridized carbons (Fsp3) is 0.409. The lowest BCUT2D eigenvalue weighted by Crippen LogP contribution is -2.35. The van der Waals surface area contributed by atoms with E-state index in [4.69, 9.17) is 4.74 Å². The summed E-state index contributed by atoms with van der Waals surface area (Å²) in [5.41, 5.74) is 0.692. The van der Waals surface area contributed by atoms with Crippen molar-refractivity contribution in [3.05, 3.63) is 46.2 Å². The Bertz CT molecular complexity index is 1220. The number of carbonyl (C=O) groups excluding carboxylic acids is 1. The van der Waals surface area contributed by atoms with Gasteiger partial charge in [0, 0.05) is 17.6 Å². The predicted molar refractivity (Wildman–Crippen MR) is 111 cm³/mol. The van der Waals surface area contributed by atoms with Crippen molar-refractivity contribution in [2.75, 3.05) is 6.61 Å². The van der Waals surface area contributed by atoms with E-state index in [-0.39, 0.29) is 29.4 Å². The molecular formula is C22H23F2N3O4. The number of benzene rings is 1. The van der Waals surface area contributed by atoms with E-state index in [0.717, 1.165) is 0 Å². The van der Waals surface area contributed by atoms with Gasteiger partial charge in [-0.2, -0.15) is 13.9 Å². The standard InChI is InChI=1S/C22H23F2N3O4/c1-5-30-20(29)13-10-26-14(9-15(13)28)19-12-7-6-8-16(31-21(23)24)18(12)25-27(19)11-17(26)22(2,3)4/h6-10,17,21H,5,11H2,1-4H3. The molecule has 0 spiro atoms. The molecule has 0 radical (unpaired) electrons. The third-order valence-corrected chi connectivity index (χ3v) is 5.45. The summed E-state index contributed by atoms with van der Waals surface area (Å²) in [4.78, 5) is 25.1. The van der Waals surface area contributed by atoms with Crippen molar-refractivity contribution in [2.45, 2.75) is 46.9 Å². The lowest BCUT2D eigenvalue weighted by Gasteiger charge is -2.38. The summed E-state index contributed by atoms with van der Waals surface area (Å²) in [5, 5.41) is 5.12. The molecule has 164 valence electrons. The average Bonchev–Trinajstić information content (AvgIpc) is 3.06. The summed E-state index contributed by atoms with van der Waals surface area (Å²) in [7, 11) is 0. The Morgan fingerprint density at radius 2 is 2.06 bits per heavy atom. The summed E-state index contributed by atoms with van der Waals surface area (Å²) >= 11 is 0. The number of hydrogen-bond acceptors (Lipinski definition) is 5. The molecule has 0 saturated heterocycles. The molecule has 2 aromatic heterocycles. The number of nitrogens with zero attached hydrogens (tertiary/aromatic N) is 3. The SMILES string of the molecule is CCOC(=O)c1cn2c(cc1=O)-c1c3cccc(OC(F)F)c3nn1CC2C(C)(C)C. The first-order chi connectivity index (χ1) is 14.6. The maximum Gasteiger partial charge on any atom is 0.387 e. The monoisotopic (exact) mass is 431 g/mol. The van der Waals surface area contributed by atoms with E-state index in [2.05, 4.69) is 9.84 Å². The van der Waals surface area contributed by atoms with Crippen LogP contribution in [0.1, 0.15) is 44.1 Å². The third kappa shape index (κ3) is 3.58. The summed E-state index contributed by atoms with van der Waals surface area (Å²) in [5.74, 6) is -0.703. The summed E-state index contributed by atoms with van der Waals surface area (Å²) in [6.07, 6.45) is 1.54. The smallest absolute Gasteiger partial charge is 0.387 e. The molecule has 3 heterocycles. The maximum absolute atomic E-state index is 12.9. The molecule has 0 amide bonds. The number of hydrogen-bond donors (Lipinski definition) is 0. The number of halogens is 2. The molecule has 3 aromatic rings. The number of aromatic nitrogens is 3. The zero-order valence-electron chi connectivity index (χ0n) is 17.7. The molecule has 7 nitrogen and oxygen atoms in total. The van der Waals surface area contributed by atoms with Crippen LogP contribution in [0.25, 0.3) is 22.3 Å². The van der Waals surface area contributed by atoms with Gasteiger partial charge in [-0.05, 0) is 18.4 Å². The van der Waals surface area contributed by atoms with Crippen molar-refractivity contribution in [1.29, 1.82) is 0 Å². The Balaban J connectivity index is 1.99. The highest BCUT2D eigenvalue weighted by Crippen LogP contribution is 2.43. The highest BCUT2D eigenvalue weighted by Gasteiger charge is 2.35. The maximum atomic E-state index is 12.9. The van der Waals surface area contributed by atoms with Crippen LogP contribution < -0.4 is 10.2 Å². The van der Waals surface area contributed by atoms with Crippen LogP contribution in [-0.4, -0.2) is 33.5 Å². The topological polar surface area (TPSA) is 75.3 Å². The van der Waals surface area contributed by atoms with Crippen molar-refractivity contribution in [3.8, 4) is 17.1 Å². The predicted octanol–water partition coefficient (Wildman–Crippen LogP) is 4.24. The largest absolute Gasteiger partial charge is 0.462 e. The first-order valence-electron chi connectivity index (χ1n) is 9.99. The van der Waals surface area contributed by atoms with Crippen molar-refractivity contribution in [1.82, 2.24) is 14.3 Å². The van der Waals surface area contributed by atoms with Crippen molar-refractivity contribution in [2.24, 2.45) is 5.41 Å². The van der Waals surface area contributed by atoms with Crippen LogP contribution in [0.4, 0.5) is 8.78 Å². The van der Waals surface area contributed by atoms with Gasteiger partial charge >= 0.3 is 12.6 Å². The first kappa shape index (κ1) is 21.0. The minimum absolute atomic E-state index is 0.0289. The summed E-state index contributed by atoms with van der Waals surface area (Å²) in [6.45, 7) is 5.42. The van der Waals surface area contributed by atoms with Crippen LogP contribution in [0.5, 0.6) is 5.75 Å². The molecule has 1 atom stereocenters. The van der Waals surface area contributed by atoms with Gasteiger partial charge in [0.15, 0.2) is 11.2 Å². The van der Waals surface area contributed by atoms with E-state index in [9.17, 15) is 18.4 Å². The zero-order chi connectivity index (χ0) is 22.5. The number of carbonyl (C=O) groups is 1. The van der Waals surface area contributed by atoms with Gasteiger partial charge in [0.2, 0.25) is 0 Å². The van der Waals surface area contributed by atoms with Gasteiger partial charge in [-0.25, -0.2) is 4.79 Å².